The zero-order valence-corrected chi connectivity index (χ0v) is 16.0. The lowest BCUT2D eigenvalue weighted by atomic mass is 11.0. The summed E-state index contributed by atoms with van der Waals surface area (Å²) in [6, 6.07) is 0. The molecule has 0 radical (unpaired) electrons. The van der Waals surface area contributed by atoms with E-state index < -0.39 is 0 Å². The van der Waals surface area contributed by atoms with Gasteiger partial charge in [-0.25, -0.2) is 0 Å². The Labute approximate surface area is 192 Å². The zero-order chi connectivity index (χ0) is 16.0. The number of rotatable bonds is 0. The molecule has 0 rings (SSSR count). The van der Waals surface area contributed by atoms with E-state index in [0.29, 0.717) is 0 Å². The van der Waals surface area contributed by atoms with Crippen molar-refractivity contribution in [2.75, 3.05) is 0 Å². The summed E-state index contributed by atoms with van der Waals surface area (Å²) in [5.41, 5.74) is 0. The largest absolute Gasteiger partial charge is 0.0776 e. The van der Waals surface area contributed by atoms with Crippen molar-refractivity contribution in [1.29, 1.82) is 0 Å². The van der Waals surface area contributed by atoms with Gasteiger partial charge in [-0.1, -0.05) is 192 Å². The van der Waals surface area contributed by atoms with Crippen molar-refractivity contribution in [2.24, 2.45) is 0 Å². The zero-order valence-electron chi connectivity index (χ0n) is 16.0. The van der Waals surface area contributed by atoms with Gasteiger partial charge in [0.15, 0.2) is 0 Å². The SMILES string of the molecule is C.C.C.C.C.C.C.C.C.C.C.CC.CC.CC.CC.CC.CC.CC.CC. The van der Waals surface area contributed by atoms with E-state index in [1.807, 2.05) is 111 Å². The molecule has 0 nitrogen and oxygen atoms in total. The van der Waals surface area contributed by atoms with Crippen LogP contribution >= 0.6 is 0 Å². The second-order valence-electron chi connectivity index (χ2n) is 0. The Morgan fingerprint density at radius 1 is 0.111 bits per heavy atom. The lowest BCUT2D eigenvalue weighted by Gasteiger charge is -1.07. The molecule has 0 amide bonds. The van der Waals surface area contributed by atoms with Gasteiger partial charge in [-0.3, -0.25) is 0 Å². The molecule has 0 unspecified atom stereocenters. The summed E-state index contributed by atoms with van der Waals surface area (Å²) in [5, 5.41) is 0. The third kappa shape index (κ3) is 0. The number of hydrogen-bond donors (Lipinski definition) is 0. The van der Waals surface area contributed by atoms with Crippen molar-refractivity contribution >= 4 is 0 Å². The fourth-order valence-electron chi connectivity index (χ4n) is 0. The summed E-state index contributed by atoms with van der Waals surface area (Å²) in [6.45, 7) is 32.0. The fourth-order valence-corrected chi connectivity index (χ4v) is 0. The maximum atomic E-state index is 2.00. The fraction of sp³-hybridized carbons (Fsp3) is 1.00. The minimum atomic E-state index is 0. The Balaban J connectivity index is -0.00000000151. The summed E-state index contributed by atoms with van der Waals surface area (Å²) >= 11 is 0. The standard InChI is InChI=1S/8C2H6.11CH4/c8*1-2;;;;;;;;;;;/h8*1-2H3;11*1H4. The highest BCUT2D eigenvalue weighted by atomic mass is 13.0. The summed E-state index contributed by atoms with van der Waals surface area (Å²) in [6.07, 6.45) is 0. The van der Waals surface area contributed by atoms with Crippen molar-refractivity contribution in [3.8, 4) is 0 Å². The summed E-state index contributed by atoms with van der Waals surface area (Å²) in [5.74, 6) is 0. The average molecular weight is 417 g/mol. The molecule has 0 aliphatic heterocycles. The first-order valence-corrected chi connectivity index (χ1v) is 8.00. The van der Waals surface area contributed by atoms with E-state index in [2.05, 4.69) is 0 Å². The van der Waals surface area contributed by atoms with Crippen LogP contribution in [0, 0.1) is 0 Å². The van der Waals surface area contributed by atoms with Crippen LogP contribution in [0.4, 0.5) is 0 Å². The van der Waals surface area contributed by atoms with Gasteiger partial charge in [-0.15, -0.1) is 0 Å². The molecule has 0 aromatic rings. The van der Waals surface area contributed by atoms with E-state index in [0.717, 1.165) is 0 Å². The van der Waals surface area contributed by atoms with Crippen LogP contribution in [0.15, 0.2) is 0 Å². The van der Waals surface area contributed by atoms with E-state index in [9.17, 15) is 0 Å². The third-order valence-electron chi connectivity index (χ3n) is 0. The first-order valence-electron chi connectivity index (χ1n) is 8.00. The molecule has 27 heavy (non-hydrogen) atoms. The highest BCUT2D eigenvalue weighted by Crippen LogP contribution is 1.16. The topological polar surface area (TPSA) is 0 Å². The van der Waals surface area contributed by atoms with Gasteiger partial charge >= 0.3 is 0 Å². The van der Waals surface area contributed by atoms with Gasteiger partial charge in [0.1, 0.15) is 0 Å². The van der Waals surface area contributed by atoms with Crippen molar-refractivity contribution < 1.29 is 0 Å². The van der Waals surface area contributed by atoms with Crippen LogP contribution in [0.2, 0.25) is 0 Å². The third-order valence-corrected chi connectivity index (χ3v) is 0. The van der Waals surface area contributed by atoms with Crippen LogP contribution in [0.1, 0.15) is 192 Å². The molecule has 0 heterocycles. The normalized spacial score (nSPS) is 1.78. The van der Waals surface area contributed by atoms with Gasteiger partial charge in [0, 0.05) is 0 Å². The van der Waals surface area contributed by atoms with Gasteiger partial charge < -0.3 is 0 Å². The summed E-state index contributed by atoms with van der Waals surface area (Å²) in [4.78, 5) is 0. The highest BCUT2D eigenvalue weighted by molar-refractivity contribution is 3.52. The van der Waals surface area contributed by atoms with Crippen molar-refractivity contribution in [1.82, 2.24) is 0 Å². The van der Waals surface area contributed by atoms with Crippen molar-refractivity contribution in [3.05, 3.63) is 0 Å². The van der Waals surface area contributed by atoms with Crippen LogP contribution in [0.3, 0.4) is 0 Å². The Kier molecular flexibility index (Phi) is 0. The Morgan fingerprint density at radius 2 is 0.111 bits per heavy atom. The van der Waals surface area contributed by atoms with Gasteiger partial charge in [0.05, 0.1) is 0 Å². The van der Waals surface area contributed by atoms with Crippen LogP contribution in [0.25, 0.3) is 0 Å². The first-order chi connectivity index (χ1) is 8.00. The second kappa shape index (κ2) is 0. The van der Waals surface area contributed by atoms with E-state index in [-0.39, 0.29) is 81.7 Å². The summed E-state index contributed by atoms with van der Waals surface area (Å²) in [7, 11) is 0. The molecule has 0 spiro atoms. The second-order valence-corrected chi connectivity index (χ2v) is 0. The molecule has 0 saturated carbocycles. The molecule has 0 aromatic carbocycles. The monoisotopic (exact) mass is 417 g/mol. The van der Waals surface area contributed by atoms with Crippen LogP contribution in [0.5, 0.6) is 0 Å². The Morgan fingerprint density at radius 3 is 0.111 bits per heavy atom. The Hall–Kier alpha value is 0. The van der Waals surface area contributed by atoms with Crippen molar-refractivity contribution in [3.63, 3.8) is 0 Å². The van der Waals surface area contributed by atoms with Gasteiger partial charge in [-0.2, -0.15) is 0 Å². The highest BCUT2D eigenvalue weighted by Gasteiger charge is 0.946. The minimum absolute atomic E-state index is 0. The van der Waals surface area contributed by atoms with E-state index >= 15 is 0 Å². The van der Waals surface area contributed by atoms with Gasteiger partial charge in [0.25, 0.3) is 0 Å². The molecule has 0 aliphatic carbocycles. The molecular weight excluding hydrogens is 324 g/mol. The predicted octanol–water partition coefficient (Wildman–Crippen LogP) is 15.2. The molecule has 0 aliphatic rings. The molecule has 0 fully saturated rings. The number of hydrogen-bond acceptors (Lipinski definition) is 0. The first kappa shape index (κ1) is 285. The van der Waals surface area contributed by atoms with Gasteiger partial charge in [0.2, 0.25) is 0 Å². The Bertz CT molecular complexity index is 0. The lowest BCUT2D eigenvalue weighted by Crippen LogP contribution is -0.856. The molecule has 200 valence electrons. The van der Waals surface area contributed by atoms with Crippen LogP contribution < -0.4 is 0 Å². The smallest absolute Gasteiger partial charge is 0.0683 e. The lowest BCUT2D eigenvalue weighted by molar-refractivity contribution is 1.50. The maximum absolute atomic E-state index is 2.00. The quantitative estimate of drug-likeness (QED) is 0.368. The molecular formula is C27H92. The molecule has 0 aromatic heterocycles. The summed E-state index contributed by atoms with van der Waals surface area (Å²) < 4.78 is 0. The molecule has 0 N–H and O–H groups in total. The molecule has 0 saturated heterocycles. The van der Waals surface area contributed by atoms with Crippen LogP contribution in [-0.4, -0.2) is 0 Å². The van der Waals surface area contributed by atoms with Gasteiger partial charge in [-0.05, 0) is 0 Å². The maximum Gasteiger partial charge on any atom is -0.0683 e. The van der Waals surface area contributed by atoms with Crippen molar-refractivity contribution in [2.45, 2.75) is 192 Å². The minimum Gasteiger partial charge on any atom is -0.0776 e. The molecule has 0 heteroatoms. The predicted molar refractivity (Wildman–Crippen MR) is 165 cm³/mol. The molecule has 0 atom stereocenters. The van der Waals surface area contributed by atoms with E-state index in [1.54, 1.807) is 0 Å². The van der Waals surface area contributed by atoms with E-state index in [4.69, 9.17) is 0 Å². The van der Waals surface area contributed by atoms with Crippen LogP contribution in [-0.2, 0) is 0 Å². The van der Waals surface area contributed by atoms with E-state index in [1.165, 1.54) is 0 Å². The molecule has 0 bridgehead atoms. The average Bonchev–Trinajstić information content (AvgIpc) is 2.54.